The van der Waals surface area contributed by atoms with E-state index in [-0.39, 0.29) is 23.9 Å². The van der Waals surface area contributed by atoms with E-state index >= 15 is 0 Å². The maximum atomic E-state index is 12.4. The number of hydrogen-bond donors (Lipinski definition) is 1. The molecule has 2 amide bonds. The van der Waals surface area contributed by atoms with Gasteiger partial charge < -0.3 is 10.2 Å². The molecule has 1 aromatic carbocycles. The molecule has 0 saturated carbocycles. The lowest BCUT2D eigenvalue weighted by Gasteiger charge is -2.25. The third-order valence-corrected chi connectivity index (χ3v) is 4.23. The number of hydrogen-bond acceptors (Lipinski definition) is 2. The van der Waals surface area contributed by atoms with Crippen LogP contribution in [-0.4, -0.2) is 35.3 Å². The highest BCUT2D eigenvalue weighted by Crippen LogP contribution is 2.20. The second kappa shape index (κ2) is 7.45. The van der Waals surface area contributed by atoms with E-state index in [1.165, 1.54) is 4.90 Å². The summed E-state index contributed by atoms with van der Waals surface area (Å²) in [5.74, 6) is -0.336. The van der Waals surface area contributed by atoms with Crippen molar-refractivity contribution in [2.24, 2.45) is 0 Å². The van der Waals surface area contributed by atoms with Gasteiger partial charge in [0.15, 0.2) is 0 Å². The number of carbonyl (C=O) groups is 2. The Morgan fingerprint density at radius 3 is 2.43 bits per heavy atom. The van der Waals surface area contributed by atoms with Crippen molar-refractivity contribution < 1.29 is 9.59 Å². The Hall–Kier alpha value is -0.820. The predicted octanol–water partition coefficient (Wildman–Crippen LogP) is 3.32. The average molecular weight is 423 g/mol. The Morgan fingerprint density at radius 1 is 1.33 bits per heavy atom. The zero-order valence-corrected chi connectivity index (χ0v) is 15.6. The summed E-state index contributed by atoms with van der Waals surface area (Å²) >= 11 is 8.04. The maximum Gasteiger partial charge on any atom is 0.254 e. The molecule has 0 radical (unpaired) electrons. The lowest BCUT2D eigenvalue weighted by atomic mass is 10.1. The van der Waals surface area contributed by atoms with Crippen LogP contribution in [0, 0.1) is 3.57 Å². The fourth-order valence-corrected chi connectivity index (χ4v) is 2.40. The number of likely N-dealkylation sites (N-methyl/N-ethyl adjacent to an activating group) is 1. The van der Waals surface area contributed by atoms with Gasteiger partial charge in [-0.05, 0) is 68.5 Å². The molecule has 0 aliphatic carbocycles. The summed E-state index contributed by atoms with van der Waals surface area (Å²) in [4.78, 5) is 25.9. The van der Waals surface area contributed by atoms with Crippen LogP contribution < -0.4 is 5.32 Å². The number of rotatable bonds is 4. The molecule has 0 aliphatic heterocycles. The van der Waals surface area contributed by atoms with Gasteiger partial charge in [0.05, 0.1) is 11.6 Å². The van der Waals surface area contributed by atoms with Crippen LogP contribution in [0.4, 0.5) is 0 Å². The molecule has 0 spiro atoms. The van der Waals surface area contributed by atoms with E-state index in [9.17, 15) is 9.59 Å². The molecule has 4 nitrogen and oxygen atoms in total. The molecule has 0 aromatic heterocycles. The fourth-order valence-electron chi connectivity index (χ4n) is 1.77. The number of benzene rings is 1. The zero-order valence-electron chi connectivity index (χ0n) is 12.7. The first-order valence-electron chi connectivity index (χ1n) is 6.69. The Morgan fingerprint density at radius 2 is 1.95 bits per heavy atom. The van der Waals surface area contributed by atoms with Gasteiger partial charge in [-0.2, -0.15) is 0 Å². The Labute approximate surface area is 144 Å². The molecule has 1 aromatic rings. The molecule has 0 heterocycles. The van der Waals surface area contributed by atoms with Crippen LogP contribution in [0.25, 0.3) is 0 Å². The monoisotopic (exact) mass is 422 g/mol. The van der Waals surface area contributed by atoms with Crippen LogP contribution in [0.5, 0.6) is 0 Å². The van der Waals surface area contributed by atoms with Crippen LogP contribution in [-0.2, 0) is 4.79 Å². The second-order valence-corrected chi connectivity index (χ2v) is 7.32. The van der Waals surface area contributed by atoms with Gasteiger partial charge in [-0.15, -0.1) is 0 Å². The lowest BCUT2D eigenvalue weighted by Crippen LogP contribution is -2.47. The molecule has 116 valence electrons. The van der Waals surface area contributed by atoms with E-state index in [4.69, 9.17) is 11.6 Å². The highest BCUT2D eigenvalue weighted by atomic mass is 127. The first-order chi connectivity index (χ1) is 9.64. The Bertz CT molecular complexity index is 541. The summed E-state index contributed by atoms with van der Waals surface area (Å²) in [6.45, 7) is 8.09. The van der Waals surface area contributed by atoms with E-state index in [2.05, 4.69) is 27.9 Å². The maximum absolute atomic E-state index is 12.4. The first-order valence-corrected chi connectivity index (χ1v) is 8.15. The minimum atomic E-state index is -0.310. The molecular formula is C15H20ClIN2O2. The standard InChI is InChI=1S/C15H20ClIN2O2/c1-5-19(9-13(20)18-15(2,3)4)14(21)10-6-7-11(16)12(17)8-10/h6-8H,5,9H2,1-4H3,(H,18,20). The van der Waals surface area contributed by atoms with Gasteiger partial charge in [0.2, 0.25) is 5.91 Å². The first kappa shape index (κ1) is 18.2. The fraction of sp³-hybridized carbons (Fsp3) is 0.467. The largest absolute Gasteiger partial charge is 0.350 e. The highest BCUT2D eigenvalue weighted by Gasteiger charge is 2.20. The van der Waals surface area contributed by atoms with Crippen molar-refractivity contribution in [2.45, 2.75) is 33.2 Å². The molecule has 0 saturated heterocycles. The zero-order chi connectivity index (χ0) is 16.2. The smallest absolute Gasteiger partial charge is 0.254 e. The van der Waals surface area contributed by atoms with E-state index in [0.717, 1.165) is 3.57 Å². The summed E-state index contributed by atoms with van der Waals surface area (Å²) in [5.41, 5.74) is 0.226. The van der Waals surface area contributed by atoms with Crippen molar-refractivity contribution in [2.75, 3.05) is 13.1 Å². The third kappa shape index (κ3) is 5.82. The van der Waals surface area contributed by atoms with Crippen molar-refractivity contribution in [1.82, 2.24) is 10.2 Å². The summed E-state index contributed by atoms with van der Waals surface area (Å²) in [5, 5.41) is 3.47. The normalized spacial score (nSPS) is 11.1. The summed E-state index contributed by atoms with van der Waals surface area (Å²) in [7, 11) is 0. The molecule has 21 heavy (non-hydrogen) atoms. The molecule has 0 fully saturated rings. The predicted molar refractivity (Wildman–Crippen MR) is 93.6 cm³/mol. The topological polar surface area (TPSA) is 49.4 Å². The van der Waals surface area contributed by atoms with Crippen LogP contribution in [0.3, 0.4) is 0 Å². The van der Waals surface area contributed by atoms with Gasteiger partial charge >= 0.3 is 0 Å². The number of carbonyl (C=O) groups excluding carboxylic acids is 2. The molecule has 0 unspecified atom stereocenters. The highest BCUT2D eigenvalue weighted by molar-refractivity contribution is 14.1. The van der Waals surface area contributed by atoms with Gasteiger partial charge in [0.25, 0.3) is 5.91 Å². The lowest BCUT2D eigenvalue weighted by molar-refractivity contribution is -0.123. The summed E-state index contributed by atoms with van der Waals surface area (Å²) in [6.07, 6.45) is 0. The quantitative estimate of drug-likeness (QED) is 0.757. The van der Waals surface area contributed by atoms with Crippen LogP contribution in [0.2, 0.25) is 5.02 Å². The molecule has 1 N–H and O–H groups in total. The van der Waals surface area contributed by atoms with Crippen LogP contribution in [0.1, 0.15) is 38.1 Å². The molecule has 1 rings (SSSR count). The van der Waals surface area contributed by atoms with Gasteiger partial charge in [-0.1, -0.05) is 11.6 Å². The molecule has 0 atom stereocenters. The van der Waals surface area contributed by atoms with Gasteiger partial charge in [0, 0.05) is 21.2 Å². The van der Waals surface area contributed by atoms with Crippen LogP contribution in [0.15, 0.2) is 18.2 Å². The molecule has 0 aliphatic rings. The van der Waals surface area contributed by atoms with Crippen LogP contribution >= 0.6 is 34.2 Å². The van der Waals surface area contributed by atoms with Crippen molar-refractivity contribution in [3.63, 3.8) is 0 Å². The SMILES string of the molecule is CCN(CC(=O)NC(C)(C)C)C(=O)c1ccc(Cl)c(I)c1. The molecular weight excluding hydrogens is 403 g/mol. The number of halogens is 2. The Balaban J connectivity index is 2.82. The van der Waals surface area contributed by atoms with E-state index in [1.54, 1.807) is 18.2 Å². The van der Waals surface area contributed by atoms with E-state index in [0.29, 0.717) is 17.1 Å². The minimum absolute atomic E-state index is 0.0474. The van der Waals surface area contributed by atoms with Crippen molar-refractivity contribution in [3.05, 3.63) is 32.4 Å². The van der Waals surface area contributed by atoms with Crippen molar-refractivity contribution in [3.8, 4) is 0 Å². The Kier molecular flexibility index (Phi) is 6.46. The van der Waals surface area contributed by atoms with Gasteiger partial charge in [-0.3, -0.25) is 9.59 Å². The number of amides is 2. The van der Waals surface area contributed by atoms with E-state index in [1.807, 2.05) is 27.7 Å². The minimum Gasteiger partial charge on any atom is -0.350 e. The van der Waals surface area contributed by atoms with E-state index < -0.39 is 0 Å². The molecule has 6 heteroatoms. The third-order valence-electron chi connectivity index (χ3n) is 2.68. The summed E-state index contributed by atoms with van der Waals surface area (Å²) < 4.78 is 0.815. The average Bonchev–Trinajstić information content (AvgIpc) is 2.36. The second-order valence-electron chi connectivity index (χ2n) is 5.75. The molecule has 0 bridgehead atoms. The van der Waals surface area contributed by atoms with Crippen molar-refractivity contribution >= 4 is 46.0 Å². The van der Waals surface area contributed by atoms with Gasteiger partial charge in [-0.25, -0.2) is 0 Å². The number of nitrogens with zero attached hydrogens (tertiary/aromatic N) is 1. The van der Waals surface area contributed by atoms with Crippen molar-refractivity contribution in [1.29, 1.82) is 0 Å². The summed E-state index contributed by atoms with van der Waals surface area (Å²) in [6, 6.07) is 5.10. The number of nitrogens with one attached hydrogen (secondary N) is 1. The van der Waals surface area contributed by atoms with Gasteiger partial charge in [0.1, 0.15) is 0 Å².